The molecule has 0 amide bonds. The van der Waals surface area contributed by atoms with Gasteiger partial charge in [-0.25, -0.2) is 4.39 Å². The van der Waals surface area contributed by atoms with Crippen molar-refractivity contribution in [1.29, 1.82) is 0 Å². The van der Waals surface area contributed by atoms with E-state index in [0.717, 1.165) is 5.56 Å². The normalized spacial score (nSPS) is 11.1. The van der Waals surface area contributed by atoms with Crippen LogP contribution in [0.2, 0.25) is 0 Å². The smallest absolute Gasteiger partial charge is 0.167 e. The number of halogens is 1. The monoisotopic (exact) mass is 256 g/mol. The van der Waals surface area contributed by atoms with Crippen LogP contribution >= 0.6 is 12.2 Å². The van der Waals surface area contributed by atoms with Gasteiger partial charge in [0.25, 0.3) is 0 Å². The summed E-state index contributed by atoms with van der Waals surface area (Å²) in [6.45, 7) is 4.21. The molecule has 0 aromatic heterocycles. The van der Waals surface area contributed by atoms with E-state index in [2.05, 4.69) is 10.6 Å². The Balaban J connectivity index is 2.41. The lowest BCUT2D eigenvalue weighted by Crippen LogP contribution is -2.50. The Bertz CT molecular complexity index is 379. The number of aliphatic hydroxyl groups is 1. The third-order valence-corrected chi connectivity index (χ3v) is 2.46. The lowest BCUT2D eigenvalue weighted by atomic mass is 10.1. The molecule has 0 saturated carbocycles. The number of thiocarbonyl (C=S) groups is 1. The molecule has 0 unspecified atom stereocenters. The molecule has 3 N–H and O–H groups in total. The van der Waals surface area contributed by atoms with Gasteiger partial charge in [-0.15, -0.1) is 0 Å². The number of aliphatic hydroxyl groups excluding tert-OH is 1. The van der Waals surface area contributed by atoms with Crippen LogP contribution in [0.15, 0.2) is 24.3 Å². The minimum absolute atomic E-state index is 0.00856. The molecule has 0 aliphatic heterocycles. The fourth-order valence-electron chi connectivity index (χ4n) is 1.18. The second kappa shape index (κ2) is 5.93. The Morgan fingerprint density at radius 1 is 1.35 bits per heavy atom. The number of hydrogen-bond donors (Lipinski definition) is 3. The van der Waals surface area contributed by atoms with Crippen molar-refractivity contribution in [2.45, 2.75) is 25.9 Å². The molecule has 17 heavy (non-hydrogen) atoms. The van der Waals surface area contributed by atoms with Gasteiger partial charge in [0.05, 0.1) is 12.1 Å². The van der Waals surface area contributed by atoms with Gasteiger partial charge in [0, 0.05) is 6.54 Å². The Kier molecular flexibility index (Phi) is 4.84. The fraction of sp³-hybridized carbons (Fsp3) is 0.417. The summed E-state index contributed by atoms with van der Waals surface area (Å²) < 4.78 is 12.7. The quantitative estimate of drug-likeness (QED) is 0.715. The molecule has 0 saturated heterocycles. The predicted octanol–water partition coefficient (Wildman–Crippen LogP) is 1.56. The minimum atomic E-state index is -0.452. The van der Waals surface area contributed by atoms with E-state index in [1.54, 1.807) is 12.1 Å². The molecule has 0 aliphatic rings. The summed E-state index contributed by atoms with van der Waals surface area (Å²) in [6.07, 6.45) is 0. The summed E-state index contributed by atoms with van der Waals surface area (Å²) in [5, 5.41) is 15.5. The maximum absolute atomic E-state index is 12.7. The van der Waals surface area contributed by atoms with Gasteiger partial charge in [0.1, 0.15) is 5.82 Å². The van der Waals surface area contributed by atoms with Gasteiger partial charge in [0.15, 0.2) is 5.11 Å². The van der Waals surface area contributed by atoms with E-state index in [1.165, 1.54) is 12.1 Å². The average molecular weight is 256 g/mol. The number of benzene rings is 1. The molecule has 1 rings (SSSR count). The van der Waals surface area contributed by atoms with Gasteiger partial charge in [-0.2, -0.15) is 0 Å². The molecule has 0 heterocycles. The minimum Gasteiger partial charge on any atom is -0.394 e. The summed E-state index contributed by atoms with van der Waals surface area (Å²) >= 11 is 5.09. The average Bonchev–Trinajstić information content (AvgIpc) is 2.28. The lowest BCUT2D eigenvalue weighted by Gasteiger charge is -2.25. The first-order valence-electron chi connectivity index (χ1n) is 5.34. The SMILES string of the molecule is CC(C)(CO)NC(=S)NCc1ccc(F)cc1. The Morgan fingerprint density at radius 3 is 2.47 bits per heavy atom. The van der Waals surface area contributed by atoms with Crippen molar-refractivity contribution in [2.24, 2.45) is 0 Å². The summed E-state index contributed by atoms with van der Waals surface area (Å²) in [5.41, 5.74) is 0.490. The molecule has 94 valence electrons. The molecule has 0 fully saturated rings. The summed E-state index contributed by atoms with van der Waals surface area (Å²) in [7, 11) is 0. The van der Waals surface area contributed by atoms with Crippen LogP contribution < -0.4 is 10.6 Å². The molecular formula is C12H17FN2OS. The topological polar surface area (TPSA) is 44.3 Å². The van der Waals surface area contributed by atoms with E-state index < -0.39 is 5.54 Å². The van der Waals surface area contributed by atoms with Gasteiger partial charge < -0.3 is 15.7 Å². The Hall–Kier alpha value is -1.20. The van der Waals surface area contributed by atoms with Crippen molar-refractivity contribution in [3.05, 3.63) is 35.6 Å². The molecule has 0 aliphatic carbocycles. The molecule has 0 bridgehead atoms. The van der Waals surface area contributed by atoms with Crippen LogP contribution in [0.4, 0.5) is 4.39 Å². The third kappa shape index (κ3) is 5.10. The fourth-order valence-corrected chi connectivity index (χ4v) is 1.52. The van der Waals surface area contributed by atoms with Crippen molar-refractivity contribution in [3.63, 3.8) is 0 Å². The molecule has 1 aromatic rings. The van der Waals surface area contributed by atoms with Gasteiger partial charge in [-0.1, -0.05) is 12.1 Å². The summed E-state index contributed by atoms with van der Waals surface area (Å²) in [6, 6.07) is 6.21. The third-order valence-electron chi connectivity index (χ3n) is 2.21. The highest BCUT2D eigenvalue weighted by Crippen LogP contribution is 2.03. The van der Waals surface area contributed by atoms with Crippen LogP contribution in [0, 0.1) is 5.82 Å². The second-order valence-electron chi connectivity index (χ2n) is 4.48. The van der Waals surface area contributed by atoms with Gasteiger partial charge in [-0.3, -0.25) is 0 Å². The molecule has 3 nitrogen and oxygen atoms in total. The maximum Gasteiger partial charge on any atom is 0.167 e. The highest BCUT2D eigenvalue weighted by molar-refractivity contribution is 7.80. The van der Waals surface area contributed by atoms with Crippen LogP contribution in [0.5, 0.6) is 0 Å². The largest absolute Gasteiger partial charge is 0.394 e. The van der Waals surface area contributed by atoms with Crippen molar-refractivity contribution in [1.82, 2.24) is 10.6 Å². The maximum atomic E-state index is 12.7. The molecule has 0 atom stereocenters. The number of rotatable bonds is 4. The van der Waals surface area contributed by atoms with Gasteiger partial charge in [-0.05, 0) is 43.8 Å². The van der Waals surface area contributed by atoms with Crippen molar-refractivity contribution in [2.75, 3.05) is 6.61 Å². The summed E-state index contributed by atoms with van der Waals surface area (Å²) in [5.74, 6) is -0.254. The van der Waals surface area contributed by atoms with Crippen LogP contribution in [0.1, 0.15) is 19.4 Å². The Morgan fingerprint density at radius 2 is 1.94 bits per heavy atom. The number of nitrogens with one attached hydrogen (secondary N) is 2. The lowest BCUT2D eigenvalue weighted by molar-refractivity contribution is 0.206. The molecule has 0 radical (unpaired) electrons. The predicted molar refractivity (Wildman–Crippen MR) is 70.1 cm³/mol. The van der Waals surface area contributed by atoms with Crippen LogP contribution in [-0.2, 0) is 6.54 Å². The first-order valence-corrected chi connectivity index (χ1v) is 5.75. The van der Waals surface area contributed by atoms with Crippen molar-refractivity contribution >= 4 is 17.3 Å². The molecule has 0 spiro atoms. The standard InChI is InChI=1S/C12H17FN2OS/c1-12(2,8-16)15-11(17)14-7-9-3-5-10(13)6-4-9/h3-6,16H,7-8H2,1-2H3,(H2,14,15,17). The van der Waals surface area contributed by atoms with Crippen LogP contribution in [0.3, 0.4) is 0 Å². The van der Waals surface area contributed by atoms with E-state index in [9.17, 15) is 4.39 Å². The van der Waals surface area contributed by atoms with Gasteiger partial charge in [0.2, 0.25) is 0 Å². The van der Waals surface area contributed by atoms with Gasteiger partial charge >= 0.3 is 0 Å². The first-order chi connectivity index (χ1) is 7.93. The summed E-state index contributed by atoms with van der Waals surface area (Å²) in [4.78, 5) is 0. The second-order valence-corrected chi connectivity index (χ2v) is 4.88. The highest BCUT2D eigenvalue weighted by Gasteiger charge is 2.16. The number of hydrogen-bond acceptors (Lipinski definition) is 2. The van der Waals surface area contributed by atoms with Crippen LogP contribution in [-0.4, -0.2) is 22.4 Å². The zero-order chi connectivity index (χ0) is 12.9. The Labute approximate surface area is 106 Å². The van der Waals surface area contributed by atoms with Crippen molar-refractivity contribution < 1.29 is 9.50 Å². The van der Waals surface area contributed by atoms with Crippen LogP contribution in [0.25, 0.3) is 0 Å². The van der Waals surface area contributed by atoms with E-state index in [0.29, 0.717) is 11.7 Å². The van der Waals surface area contributed by atoms with E-state index in [-0.39, 0.29) is 12.4 Å². The van der Waals surface area contributed by atoms with E-state index in [4.69, 9.17) is 17.3 Å². The molecular weight excluding hydrogens is 239 g/mol. The van der Waals surface area contributed by atoms with Crippen molar-refractivity contribution in [3.8, 4) is 0 Å². The highest BCUT2D eigenvalue weighted by atomic mass is 32.1. The zero-order valence-corrected chi connectivity index (χ0v) is 10.8. The molecule has 5 heteroatoms. The van der Waals surface area contributed by atoms with E-state index in [1.807, 2.05) is 13.8 Å². The zero-order valence-electron chi connectivity index (χ0n) is 9.96. The van der Waals surface area contributed by atoms with E-state index >= 15 is 0 Å². The molecule has 1 aromatic carbocycles. The first kappa shape index (κ1) is 13.9.